The van der Waals surface area contributed by atoms with E-state index in [2.05, 4.69) is 17.4 Å². The number of carboxylic acids is 1. The van der Waals surface area contributed by atoms with Crippen molar-refractivity contribution in [3.8, 4) is 11.1 Å². The number of carboxylic acid groups (broad SMARTS) is 1. The molecule has 0 bridgehead atoms. The van der Waals surface area contributed by atoms with Crippen LogP contribution in [0, 0.1) is 6.92 Å². The average molecular weight is 388 g/mol. The Morgan fingerprint density at radius 2 is 1.62 bits per heavy atom. The number of amides is 1. The largest absolute Gasteiger partial charge is 0.478 e. The van der Waals surface area contributed by atoms with Crippen molar-refractivity contribution in [1.29, 1.82) is 0 Å². The number of benzene rings is 3. The Bertz CT molecular complexity index is 1080. The maximum atomic E-state index is 12.4. The van der Waals surface area contributed by atoms with E-state index in [4.69, 9.17) is 10.5 Å². The van der Waals surface area contributed by atoms with Gasteiger partial charge in [0.05, 0.1) is 5.56 Å². The number of hydrogen-bond acceptors (Lipinski definition) is 4. The van der Waals surface area contributed by atoms with E-state index < -0.39 is 12.1 Å². The van der Waals surface area contributed by atoms with Crippen LogP contribution in [0.1, 0.15) is 33.0 Å². The van der Waals surface area contributed by atoms with Crippen LogP contribution in [0.25, 0.3) is 11.1 Å². The zero-order valence-corrected chi connectivity index (χ0v) is 15.8. The molecule has 4 N–H and O–H groups in total. The van der Waals surface area contributed by atoms with Gasteiger partial charge in [0.2, 0.25) is 0 Å². The number of hydrogen-bond donors (Lipinski definition) is 3. The Morgan fingerprint density at radius 1 is 1.03 bits per heavy atom. The van der Waals surface area contributed by atoms with Crippen molar-refractivity contribution < 1.29 is 19.4 Å². The number of anilines is 2. The molecule has 1 aliphatic rings. The number of nitrogens with one attached hydrogen (secondary N) is 1. The van der Waals surface area contributed by atoms with Gasteiger partial charge in [-0.3, -0.25) is 5.32 Å². The fraction of sp³-hybridized carbons (Fsp3) is 0.130. The minimum atomic E-state index is -1.12. The molecule has 0 saturated carbocycles. The molecule has 0 radical (unpaired) electrons. The Balaban J connectivity index is 1.52. The maximum absolute atomic E-state index is 12.4. The van der Waals surface area contributed by atoms with Crippen LogP contribution >= 0.6 is 0 Å². The van der Waals surface area contributed by atoms with E-state index in [0.717, 1.165) is 22.3 Å². The summed E-state index contributed by atoms with van der Waals surface area (Å²) in [5, 5.41) is 11.8. The van der Waals surface area contributed by atoms with Crippen molar-refractivity contribution >= 4 is 23.4 Å². The zero-order chi connectivity index (χ0) is 20.5. The Morgan fingerprint density at radius 3 is 2.21 bits per heavy atom. The molecule has 146 valence electrons. The second-order valence-electron chi connectivity index (χ2n) is 6.99. The second-order valence-corrected chi connectivity index (χ2v) is 6.99. The molecule has 0 saturated heterocycles. The van der Waals surface area contributed by atoms with E-state index in [1.807, 2.05) is 36.4 Å². The number of ether oxygens (including phenoxy) is 1. The van der Waals surface area contributed by atoms with Gasteiger partial charge in [0.25, 0.3) is 0 Å². The lowest BCUT2D eigenvalue weighted by Crippen LogP contribution is -2.19. The van der Waals surface area contributed by atoms with Crippen molar-refractivity contribution in [1.82, 2.24) is 0 Å². The van der Waals surface area contributed by atoms with Crippen LogP contribution in [-0.4, -0.2) is 23.8 Å². The van der Waals surface area contributed by atoms with Crippen molar-refractivity contribution in [3.63, 3.8) is 0 Å². The van der Waals surface area contributed by atoms with Crippen LogP contribution in [0.4, 0.5) is 16.2 Å². The summed E-state index contributed by atoms with van der Waals surface area (Å²) < 4.78 is 5.50. The minimum Gasteiger partial charge on any atom is -0.478 e. The van der Waals surface area contributed by atoms with Crippen LogP contribution in [0.3, 0.4) is 0 Å². The number of nitrogen functional groups attached to an aromatic ring is 1. The number of carbonyl (C=O) groups is 2. The molecule has 0 unspecified atom stereocenters. The van der Waals surface area contributed by atoms with E-state index >= 15 is 0 Å². The summed E-state index contributed by atoms with van der Waals surface area (Å²) in [5.41, 5.74) is 11.6. The minimum absolute atomic E-state index is 0.00190. The number of carbonyl (C=O) groups excluding carboxylic acids is 1. The third kappa shape index (κ3) is 3.40. The molecule has 4 rings (SSSR count). The first-order chi connectivity index (χ1) is 14.0. The summed E-state index contributed by atoms with van der Waals surface area (Å²) >= 11 is 0. The summed E-state index contributed by atoms with van der Waals surface area (Å²) in [6, 6.07) is 18.9. The van der Waals surface area contributed by atoms with E-state index in [1.54, 1.807) is 6.92 Å². The molecular formula is C23H20N2O4. The van der Waals surface area contributed by atoms with Gasteiger partial charge in [-0.25, -0.2) is 9.59 Å². The molecule has 0 spiro atoms. The molecule has 3 aromatic rings. The Hall–Kier alpha value is -3.80. The molecule has 6 heteroatoms. The van der Waals surface area contributed by atoms with Crippen LogP contribution < -0.4 is 11.1 Å². The quantitative estimate of drug-likeness (QED) is 0.565. The van der Waals surface area contributed by atoms with Crippen LogP contribution in [0.5, 0.6) is 0 Å². The molecule has 0 heterocycles. The molecule has 3 aromatic carbocycles. The first kappa shape index (κ1) is 18.6. The van der Waals surface area contributed by atoms with E-state index in [-0.39, 0.29) is 18.1 Å². The highest BCUT2D eigenvalue weighted by Gasteiger charge is 2.29. The standard InChI is InChI=1S/C23H20N2O4/c1-13-20(24)10-14(22(26)27)11-21(13)25-23(28)29-12-19-17-8-4-2-6-15(17)16-7-3-5-9-18(16)19/h2-11,19H,12,24H2,1H3,(H,25,28)(H,26,27). The van der Waals surface area contributed by atoms with Crippen molar-refractivity contribution in [3.05, 3.63) is 82.9 Å². The number of nitrogens with two attached hydrogens (primary N) is 1. The lowest BCUT2D eigenvalue weighted by Gasteiger charge is -2.16. The smallest absolute Gasteiger partial charge is 0.411 e. The van der Waals surface area contributed by atoms with Gasteiger partial charge in [0.1, 0.15) is 6.61 Å². The number of rotatable bonds is 4. The van der Waals surface area contributed by atoms with Gasteiger partial charge in [-0.05, 0) is 46.9 Å². The van der Waals surface area contributed by atoms with E-state index in [0.29, 0.717) is 16.9 Å². The molecule has 0 fully saturated rings. The second kappa shape index (κ2) is 7.31. The molecule has 0 aromatic heterocycles. The number of fused-ring (bicyclic) bond motifs is 3. The Kier molecular flexibility index (Phi) is 4.68. The van der Waals surface area contributed by atoms with Crippen LogP contribution in [0.15, 0.2) is 60.7 Å². The van der Waals surface area contributed by atoms with Crippen LogP contribution in [-0.2, 0) is 4.74 Å². The monoisotopic (exact) mass is 388 g/mol. The van der Waals surface area contributed by atoms with Crippen molar-refractivity contribution in [2.24, 2.45) is 0 Å². The summed E-state index contributed by atoms with van der Waals surface area (Å²) in [6.45, 7) is 1.88. The first-order valence-electron chi connectivity index (χ1n) is 9.21. The fourth-order valence-electron chi connectivity index (χ4n) is 3.73. The predicted molar refractivity (Wildman–Crippen MR) is 111 cm³/mol. The highest BCUT2D eigenvalue weighted by Crippen LogP contribution is 2.44. The summed E-state index contributed by atoms with van der Waals surface area (Å²) in [4.78, 5) is 23.7. The summed E-state index contributed by atoms with van der Waals surface area (Å²) in [5.74, 6) is -1.17. The van der Waals surface area contributed by atoms with Gasteiger partial charge >= 0.3 is 12.1 Å². The van der Waals surface area contributed by atoms with E-state index in [9.17, 15) is 14.7 Å². The van der Waals surface area contributed by atoms with Crippen molar-refractivity contribution in [2.45, 2.75) is 12.8 Å². The van der Waals surface area contributed by atoms with E-state index in [1.165, 1.54) is 12.1 Å². The first-order valence-corrected chi connectivity index (χ1v) is 9.21. The van der Waals surface area contributed by atoms with Crippen LogP contribution in [0.2, 0.25) is 0 Å². The highest BCUT2D eigenvalue weighted by atomic mass is 16.5. The highest BCUT2D eigenvalue weighted by molar-refractivity contribution is 5.94. The summed E-state index contributed by atoms with van der Waals surface area (Å²) in [6.07, 6.45) is -0.656. The molecule has 1 amide bonds. The fourth-order valence-corrected chi connectivity index (χ4v) is 3.73. The SMILES string of the molecule is Cc1c(N)cc(C(=O)O)cc1NC(=O)OCC1c2ccccc2-c2ccccc21. The molecular weight excluding hydrogens is 368 g/mol. The van der Waals surface area contributed by atoms with Gasteiger partial charge in [-0.15, -0.1) is 0 Å². The zero-order valence-electron chi connectivity index (χ0n) is 15.8. The maximum Gasteiger partial charge on any atom is 0.411 e. The topological polar surface area (TPSA) is 102 Å². The van der Waals surface area contributed by atoms with Gasteiger partial charge in [-0.2, -0.15) is 0 Å². The van der Waals surface area contributed by atoms with Crippen molar-refractivity contribution in [2.75, 3.05) is 17.7 Å². The molecule has 0 atom stereocenters. The summed E-state index contributed by atoms with van der Waals surface area (Å²) in [7, 11) is 0. The van der Waals surface area contributed by atoms with Gasteiger partial charge < -0.3 is 15.6 Å². The Labute approximate surface area is 167 Å². The predicted octanol–water partition coefficient (Wildman–Crippen LogP) is 4.64. The van der Waals surface area contributed by atoms with Gasteiger partial charge in [0.15, 0.2) is 0 Å². The molecule has 1 aliphatic carbocycles. The number of aromatic carboxylic acids is 1. The van der Waals surface area contributed by atoms with Gasteiger partial charge in [0, 0.05) is 17.3 Å². The third-order valence-electron chi connectivity index (χ3n) is 5.28. The molecule has 6 nitrogen and oxygen atoms in total. The van der Waals surface area contributed by atoms with Gasteiger partial charge in [-0.1, -0.05) is 48.5 Å². The average Bonchev–Trinajstić information content (AvgIpc) is 3.03. The lowest BCUT2D eigenvalue weighted by atomic mass is 9.98. The third-order valence-corrected chi connectivity index (χ3v) is 5.28. The molecule has 0 aliphatic heterocycles. The molecule has 29 heavy (non-hydrogen) atoms. The normalized spacial score (nSPS) is 12.2. The lowest BCUT2D eigenvalue weighted by molar-refractivity contribution is 0.0697.